The Labute approximate surface area is 207 Å². The molecule has 172 valence electrons. The zero-order valence-electron chi connectivity index (χ0n) is 18.7. The Balaban J connectivity index is 1.77. The standard InChI is InChI=1S/C28H24BrNO4/c1-2-34-26(31)22(17-20-9-5-3-6-10-20)15-16-28(33)24-18-23(29)13-14-25(24)30(27(28)32)19-21-11-7-4-8-12-21/h3-14,16,18,33H,2,17,19H2,1H3. The molecule has 5 nitrogen and oxygen atoms in total. The van der Waals surface area contributed by atoms with Gasteiger partial charge in [-0.2, -0.15) is 0 Å². The van der Waals surface area contributed by atoms with Gasteiger partial charge in [-0.1, -0.05) is 76.6 Å². The van der Waals surface area contributed by atoms with Crippen LogP contribution in [0.3, 0.4) is 0 Å². The van der Waals surface area contributed by atoms with Crippen molar-refractivity contribution in [1.82, 2.24) is 0 Å². The number of anilines is 1. The molecule has 1 heterocycles. The molecule has 0 radical (unpaired) electrons. The monoisotopic (exact) mass is 517 g/mol. The summed E-state index contributed by atoms with van der Waals surface area (Å²) in [6, 6.07) is 24.4. The van der Waals surface area contributed by atoms with E-state index in [0.717, 1.165) is 15.6 Å². The van der Waals surface area contributed by atoms with Crippen LogP contribution in [0.1, 0.15) is 23.6 Å². The number of ether oxygens (including phenoxy) is 1. The molecule has 0 fully saturated rings. The number of hydrogen-bond acceptors (Lipinski definition) is 4. The second-order valence-electron chi connectivity index (χ2n) is 7.95. The normalized spacial score (nSPS) is 16.6. The van der Waals surface area contributed by atoms with Crippen molar-refractivity contribution in [2.45, 2.75) is 25.5 Å². The van der Waals surface area contributed by atoms with Crippen molar-refractivity contribution >= 4 is 33.5 Å². The number of nitrogens with zero attached hydrogens (tertiary/aromatic N) is 1. The van der Waals surface area contributed by atoms with E-state index in [1.54, 1.807) is 24.0 Å². The fourth-order valence-corrected chi connectivity index (χ4v) is 4.29. The second kappa shape index (κ2) is 10.2. The molecule has 0 bridgehead atoms. The Hall–Kier alpha value is -3.44. The van der Waals surface area contributed by atoms with Crippen molar-refractivity contribution in [3.8, 4) is 0 Å². The molecule has 0 spiro atoms. The van der Waals surface area contributed by atoms with Crippen molar-refractivity contribution in [2.75, 3.05) is 11.5 Å². The summed E-state index contributed by atoms with van der Waals surface area (Å²) in [6.07, 6.45) is 1.54. The predicted octanol–water partition coefficient (Wildman–Crippen LogP) is 5.07. The number of aliphatic hydroxyl groups is 1. The molecule has 34 heavy (non-hydrogen) atoms. The van der Waals surface area contributed by atoms with Gasteiger partial charge < -0.3 is 14.7 Å². The molecule has 0 aliphatic carbocycles. The van der Waals surface area contributed by atoms with Crippen LogP contribution < -0.4 is 4.90 Å². The number of amides is 1. The van der Waals surface area contributed by atoms with E-state index >= 15 is 0 Å². The van der Waals surface area contributed by atoms with Crippen molar-refractivity contribution in [3.05, 3.63) is 117 Å². The summed E-state index contributed by atoms with van der Waals surface area (Å²) in [5.74, 6) is -1.04. The molecule has 3 aromatic rings. The summed E-state index contributed by atoms with van der Waals surface area (Å²) in [5.41, 5.74) is 4.04. The predicted molar refractivity (Wildman–Crippen MR) is 134 cm³/mol. The Morgan fingerprint density at radius 1 is 1.06 bits per heavy atom. The molecule has 4 rings (SSSR count). The van der Waals surface area contributed by atoms with Crippen LogP contribution in [0.2, 0.25) is 0 Å². The lowest BCUT2D eigenvalue weighted by Crippen LogP contribution is -2.38. The summed E-state index contributed by atoms with van der Waals surface area (Å²) < 4.78 is 5.93. The average Bonchev–Trinajstić information content (AvgIpc) is 3.05. The molecule has 1 unspecified atom stereocenters. The summed E-state index contributed by atoms with van der Waals surface area (Å²) >= 11 is 3.44. The molecule has 0 aromatic heterocycles. The summed E-state index contributed by atoms with van der Waals surface area (Å²) in [7, 11) is 0. The van der Waals surface area contributed by atoms with Crippen LogP contribution in [0.15, 0.2) is 101 Å². The van der Waals surface area contributed by atoms with Gasteiger partial charge in [0, 0.05) is 22.5 Å². The van der Waals surface area contributed by atoms with E-state index in [9.17, 15) is 14.7 Å². The first-order valence-corrected chi connectivity index (χ1v) is 11.8. The zero-order chi connectivity index (χ0) is 24.1. The fraction of sp³-hybridized carbons (Fsp3) is 0.179. The quantitative estimate of drug-likeness (QED) is 0.270. The van der Waals surface area contributed by atoms with Crippen molar-refractivity contribution in [3.63, 3.8) is 0 Å². The number of benzene rings is 3. The molecule has 1 amide bonds. The van der Waals surface area contributed by atoms with Crippen LogP contribution >= 0.6 is 15.9 Å². The molecule has 0 saturated heterocycles. The van der Waals surface area contributed by atoms with Crippen molar-refractivity contribution in [1.29, 1.82) is 0 Å². The van der Waals surface area contributed by atoms with E-state index in [-0.39, 0.29) is 18.6 Å². The first-order valence-electron chi connectivity index (χ1n) is 11.0. The van der Waals surface area contributed by atoms with Gasteiger partial charge in [-0.3, -0.25) is 4.79 Å². The molecular formula is C28H24BrNO4. The van der Waals surface area contributed by atoms with Gasteiger partial charge in [-0.25, -0.2) is 4.79 Å². The van der Waals surface area contributed by atoms with Gasteiger partial charge >= 0.3 is 5.97 Å². The third-order valence-electron chi connectivity index (χ3n) is 5.62. The minimum absolute atomic E-state index is 0.211. The molecule has 1 aliphatic heterocycles. The number of carbonyl (C=O) groups excluding carboxylic acids is 2. The third-order valence-corrected chi connectivity index (χ3v) is 6.11. The summed E-state index contributed by atoms with van der Waals surface area (Å²) in [5, 5.41) is 11.6. The number of esters is 1. The molecular weight excluding hydrogens is 494 g/mol. The highest BCUT2D eigenvalue weighted by atomic mass is 79.9. The summed E-state index contributed by atoms with van der Waals surface area (Å²) in [4.78, 5) is 27.7. The fourth-order valence-electron chi connectivity index (χ4n) is 3.93. The van der Waals surface area contributed by atoms with Crippen molar-refractivity contribution < 1.29 is 19.4 Å². The molecule has 3 aromatic carbocycles. The highest BCUT2D eigenvalue weighted by Crippen LogP contribution is 2.43. The minimum atomic E-state index is -1.97. The Bertz CT molecular complexity index is 1270. The lowest BCUT2D eigenvalue weighted by molar-refractivity contribution is -0.138. The minimum Gasteiger partial charge on any atom is -0.462 e. The first-order chi connectivity index (χ1) is 16.4. The van der Waals surface area contributed by atoms with Gasteiger partial charge in [0.2, 0.25) is 0 Å². The van der Waals surface area contributed by atoms with Crippen LogP contribution in [0, 0.1) is 0 Å². The third kappa shape index (κ3) is 4.90. The lowest BCUT2D eigenvalue weighted by Gasteiger charge is -2.20. The van der Waals surface area contributed by atoms with Gasteiger partial charge in [0.1, 0.15) is 0 Å². The molecule has 1 N–H and O–H groups in total. The maximum Gasteiger partial charge on any atom is 0.342 e. The van der Waals surface area contributed by atoms with E-state index in [1.807, 2.05) is 66.7 Å². The average molecular weight is 518 g/mol. The van der Waals surface area contributed by atoms with Gasteiger partial charge in [0.25, 0.3) is 5.91 Å². The number of rotatable bonds is 7. The van der Waals surface area contributed by atoms with Crippen LogP contribution in [0.25, 0.3) is 0 Å². The Kier molecular flexibility index (Phi) is 7.13. The maximum atomic E-state index is 13.5. The lowest BCUT2D eigenvalue weighted by atomic mass is 9.94. The molecule has 1 aliphatic rings. The van der Waals surface area contributed by atoms with Crippen LogP contribution in [0.4, 0.5) is 5.69 Å². The second-order valence-corrected chi connectivity index (χ2v) is 8.87. The number of hydrogen-bond donors (Lipinski definition) is 1. The number of fused-ring (bicyclic) bond motifs is 1. The van der Waals surface area contributed by atoms with Crippen LogP contribution in [-0.2, 0) is 32.9 Å². The van der Waals surface area contributed by atoms with Gasteiger partial charge in [-0.05, 0) is 36.2 Å². The van der Waals surface area contributed by atoms with Gasteiger partial charge in [0.15, 0.2) is 5.60 Å². The summed E-state index contributed by atoms with van der Waals surface area (Å²) in [6.45, 7) is 2.25. The van der Waals surface area contributed by atoms with Gasteiger partial charge in [0.05, 0.1) is 24.4 Å². The maximum absolute atomic E-state index is 13.5. The van der Waals surface area contributed by atoms with E-state index in [0.29, 0.717) is 17.8 Å². The highest BCUT2D eigenvalue weighted by molar-refractivity contribution is 9.10. The Morgan fingerprint density at radius 3 is 2.35 bits per heavy atom. The van der Waals surface area contributed by atoms with E-state index in [4.69, 9.17) is 4.74 Å². The van der Waals surface area contributed by atoms with E-state index in [2.05, 4.69) is 21.7 Å². The highest BCUT2D eigenvalue weighted by Gasteiger charge is 2.48. The Morgan fingerprint density at radius 2 is 1.71 bits per heavy atom. The van der Waals surface area contributed by atoms with E-state index in [1.165, 1.54) is 6.08 Å². The largest absolute Gasteiger partial charge is 0.462 e. The van der Waals surface area contributed by atoms with Crippen molar-refractivity contribution in [2.24, 2.45) is 0 Å². The van der Waals surface area contributed by atoms with E-state index < -0.39 is 17.5 Å². The zero-order valence-corrected chi connectivity index (χ0v) is 20.3. The SMILES string of the molecule is CCOC(=O)C(=C=CC1(O)C(=O)N(Cc2ccccc2)c2ccc(Br)cc21)Cc1ccccc1. The van der Waals surface area contributed by atoms with Crippen LogP contribution in [0.5, 0.6) is 0 Å². The first kappa shape index (κ1) is 23.7. The molecule has 1 atom stereocenters. The van der Waals surface area contributed by atoms with Crippen LogP contribution in [-0.4, -0.2) is 23.6 Å². The smallest absolute Gasteiger partial charge is 0.342 e. The van der Waals surface area contributed by atoms with Gasteiger partial charge in [-0.15, -0.1) is 5.73 Å². The number of halogens is 1. The molecule has 0 saturated carbocycles. The molecule has 6 heteroatoms. The number of carbonyl (C=O) groups is 2. The topological polar surface area (TPSA) is 66.8 Å².